The van der Waals surface area contributed by atoms with Gasteiger partial charge in [0.15, 0.2) is 0 Å². The zero-order chi connectivity index (χ0) is 28.2. The lowest BCUT2D eigenvalue weighted by atomic mass is 9.96. The summed E-state index contributed by atoms with van der Waals surface area (Å²) in [5.41, 5.74) is 0.415. The molecule has 2 aliphatic rings. The number of aliphatic hydroxyl groups is 1. The van der Waals surface area contributed by atoms with Crippen molar-refractivity contribution in [2.24, 2.45) is 5.92 Å². The Morgan fingerprint density at radius 1 is 1.26 bits per heavy atom. The quantitative estimate of drug-likeness (QED) is 0.438. The molecule has 0 saturated heterocycles. The van der Waals surface area contributed by atoms with Gasteiger partial charge < -0.3 is 25.0 Å². The van der Waals surface area contributed by atoms with E-state index in [4.69, 9.17) is 4.74 Å². The third-order valence-corrected chi connectivity index (χ3v) is 10.2. The van der Waals surface area contributed by atoms with Crippen LogP contribution in [0, 0.1) is 5.92 Å². The van der Waals surface area contributed by atoms with Crippen molar-refractivity contribution in [3.8, 4) is 5.75 Å². The maximum absolute atomic E-state index is 13.6. The topological polar surface area (TPSA) is 128 Å². The SMILES string of the molecule is C[C@H](CO)N1C[C@H](C)[C@@H](CN(C)C(=O)NC2CCCCC2)Oc2ccc(NS(=O)(=O)c3cccs3)cc2C1=O. The van der Waals surface area contributed by atoms with Gasteiger partial charge in [-0.3, -0.25) is 9.52 Å². The zero-order valence-corrected chi connectivity index (χ0v) is 24.3. The van der Waals surface area contributed by atoms with Crippen molar-refractivity contribution < 1.29 is 27.9 Å². The van der Waals surface area contributed by atoms with Crippen LogP contribution in [0.3, 0.4) is 0 Å². The highest BCUT2D eigenvalue weighted by atomic mass is 32.2. The van der Waals surface area contributed by atoms with Crippen LogP contribution in [0.15, 0.2) is 39.9 Å². The zero-order valence-electron chi connectivity index (χ0n) is 22.6. The number of anilines is 1. The van der Waals surface area contributed by atoms with E-state index in [1.807, 2.05) is 6.92 Å². The largest absolute Gasteiger partial charge is 0.487 e. The van der Waals surface area contributed by atoms with Crippen LogP contribution in [-0.4, -0.2) is 80.2 Å². The Kier molecular flexibility index (Phi) is 9.39. The van der Waals surface area contributed by atoms with Gasteiger partial charge in [-0.05, 0) is 49.4 Å². The van der Waals surface area contributed by atoms with Gasteiger partial charge in [-0.1, -0.05) is 32.3 Å². The molecule has 0 unspecified atom stereocenters. The Morgan fingerprint density at radius 3 is 2.67 bits per heavy atom. The van der Waals surface area contributed by atoms with Gasteiger partial charge in [-0.2, -0.15) is 0 Å². The Labute approximate surface area is 234 Å². The molecule has 3 N–H and O–H groups in total. The molecule has 1 fully saturated rings. The van der Waals surface area contributed by atoms with E-state index in [0.29, 0.717) is 18.8 Å². The number of carbonyl (C=O) groups is 2. The monoisotopic (exact) mass is 578 g/mol. The number of hydrogen-bond donors (Lipinski definition) is 3. The Balaban J connectivity index is 1.58. The number of ether oxygens (including phenoxy) is 1. The molecule has 1 aliphatic heterocycles. The number of benzene rings is 1. The van der Waals surface area contributed by atoms with Crippen molar-refractivity contribution in [3.05, 3.63) is 41.3 Å². The number of carbonyl (C=O) groups excluding carboxylic acids is 2. The first kappa shape index (κ1) is 29.2. The van der Waals surface area contributed by atoms with Crippen molar-refractivity contribution in [1.29, 1.82) is 0 Å². The first-order valence-corrected chi connectivity index (χ1v) is 15.8. The van der Waals surface area contributed by atoms with Gasteiger partial charge in [0.2, 0.25) is 0 Å². The molecule has 1 aromatic heterocycles. The van der Waals surface area contributed by atoms with E-state index in [0.717, 1.165) is 37.0 Å². The number of thiophene rings is 1. The maximum Gasteiger partial charge on any atom is 0.317 e. The molecule has 1 saturated carbocycles. The van der Waals surface area contributed by atoms with Crippen molar-refractivity contribution in [1.82, 2.24) is 15.1 Å². The highest BCUT2D eigenvalue weighted by Gasteiger charge is 2.34. The number of nitrogens with zero attached hydrogens (tertiary/aromatic N) is 2. The van der Waals surface area contributed by atoms with Gasteiger partial charge in [0.05, 0.1) is 24.8 Å². The summed E-state index contributed by atoms with van der Waals surface area (Å²) in [5.74, 6) is -0.220. The number of likely N-dealkylation sites (N-methyl/N-ethyl adjacent to an activating group) is 1. The average molecular weight is 579 g/mol. The number of hydrogen-bond acceptors (Lipinski definition) is 7. The summed E-state index contributed by atoms with van der Waals surface area (Å²) in [6, 6.07) is 7.31. The van der Waals surface area contributed by atoms with E-state index in [-0.39, 0.29) is 46.0 Å². The summed E-state index contributed by atoms with van der Waals surface area (Å²) >= 11 is 1.10. The predicted molar refractivity (Wildman–Crippen MR) is 151 cm³/mol. The van der Waals surface area contributed by atoms with E-state index in [9.17, 15) is 23.1 Å². The van der Waals surface area contributed by atoms with Gasteiger partial charge in [0.25, 0.3) is 15.9 Å². The minimum absolute atomic E-state index is 0.155. The number of nitrogens with one attached hydrogen (secondary N) is 2. The van der Waals surface area contributed by atoms with Crippen molar-refractivity contribution in [3.63, 3.8) is 0 Å². The fraction of sp³-hybridized carbons (Fsp3) is 0.556. The molecule has 2 heterocycles. The molecular weight excluding hydrogens is 540 g/mol. The first-order chi connectivity index (χ1) is 18.6. The highest BCUT2D eigenvalue weighted by molar-refractivity contribution is 7.94. The summed E-state index contributed by atoms with van der Waals surface area (Å²) in [6.45, 7) is 4.08. The fourth-order valence-electron chi connectivity index (χ4n) is 5.01. The number of fused-ring (bicyclic) bond motifs is 1. The van der Waals surface area contributed by atoms with Crippen molar-refractivity contribution in [2.45, 2.75) is 68.3 Å². The van der Waals surface area contributed by atoms with Gasteiger partial charge in [0.1, 0.15) is 16.1 Å². The third-order valence-electron chi connectivity index (χ3n) is 7.41. The average Bonchev–Trinajstić information content (AvgIpc) is 3.47. The molecule has 0 spiro atoms. The molecule has 214 valence electrons. The molecule has 10 nitrogen and oxygen atoms in total. The van der Waals surface area contributed by atoms with E-state index in [1.54, 1.807) is 47.4 Å². The lowest BCUT2D eigenvalue weighted by molar-refractivity contribution is 0.0366. The Morgan fingerprint density at radius 2 is 2.00 bits per heavy atom. The number of aliphatic hydroxyl groups excluding tert-OH is 1. The second kappa shape index (κ2) is 12.6. The lowest BCUT2D eigenvalue weighted by Gasteiger charge is -2.38. The summed E-state index contributed by atoms with van der Waals surface area (Å²) in [7, 11) is -2.08. The van der Waals surface area contributed by atoms with Crippen LogP contribution in [0.25, 0.3) is 0 Å². The van der Waals surface area contributed by atoms with Crippen LogP contribution in [0.5, 0.6) is 5.75 Å². The van der Waals surface area contributed by atoms with Crippen LogP contribution in [0.4, 0.5) is 10.5 Å². The molecule has 12 heteroatoms. The van der Waals surface area contributed by atoms with Crippen LogP contribution in [-0.2, 0) is 10.0 Å². The van der Waals surface area contributed by atoms with Gasteiger partial charge >= 0.3 is 6.03 Å². The van der Waals surface area contributed by atoms with Crippen LogP contribution in [0.2, 0.25) is 0 Å². The van der Waals surface area contributed by atoms with E-state index < -0.39 is 22.2 Å². The second-order valence-corrected chi connectivity index (χ2v) is 13.4. The minimum Gasteiger partial charge on any atom is -0.487 e. The van der Waals surface area contributed by atoms with Gasteiger partial charge in [-0.25, -0.2) is 13.2 Å². The van der Waals surface area contributed by atoms with Crippen molar-refractivity contribution >= 4 is 39.0 Å². The van der Waals surface area contributed by atoms with Crippen LogP contribution < -0.4 is 14.8 Å². The van der Waals surface area contributed by atoms with Crippen LogP contribution >= 0.6 is 11.3 Å². The van der Waals surface area contributed by atoms with Gasteiger partial charge in [0, 0.05) is 31.2 Å². The summed E-state index contributed by atoms with van der Waals surface area (Å²) in [6.07, 6.45) is 4.96. The lowest BCUT2D eigenvalue weighted by Crippen LogP contribution is -2.52. The van der Waals surface area contributed by atoms with E-state index >= 15 is 0 Å². The number of rotatable bonds is 8. The normalized spacial score (nSPS) is 21.2. The maximum atomic E-state index is 13.6. The molecule has 0 bridgehead atoms. The number of sulfonamides is 1. The van der Waals surface area contributed by atoms with E-state index in [1.165, 1.54) is 18.6 Å². The van der Waals surface area contributed by atoms with Crippen LogP contribution in [0.1, 0.15) is 56.3 Å². The molecule has 3 amide bonds. The Hall–Kier alpha value is -2.83. The molecule has 0 radical (unpaired) electrons. The highest BCUT2D eigenvalue weighted by Crippen LogP contribution is 2.32. The molecule has 2 aromatic rings. The minimum atomic E-state index is -3.81. The standard InChI is InChI=1S/C27H38N4O6S2/c1-18-15-31(19(2)17-32)26(33)22-14-21(29-39(35,36)25-10-7-13-38-25)11-12-23(22)37-24(18)16-30(3)27(34)28-20-8-5-4-6-9-20/h7,10-14,18-20,24,29,32H,4-6,8-9,15-17H2,1-3H3,(H,28,34)/t18-,19+,24+/m0/s1. The van der Waals surface area contributed by atoms with E-state index in [2.05, 4.69) is 10.0 Å². The van der Waals surface area contributed by atoms with Gasteiger partial charge in [-0.15, -0.1) is 11.3 Å². The molecule has 3 atom stereocenters. The first-order valence-electron chi connectivity index (χ1n) is 13.4. The summed E-state index contributed by atoms with van der Waals surface area (Å²) < 4.78 is 34.6. The molecule has 39 heavy (non-hydrogen) atoms. The molecule has 1 aliphatic carbocycles. The molecule has 4 rings (SSSR count). The number of amides is 3. The second-order valence-electron chi connectivity index (χ2n) is 10.5. The predicted octanol–water partition coefficient (Wildman–Crippen LogP) is 3.74. The third kappa shape index (κ3) is 7.03. The summed E-state index contributed by atoms with van der Waals surface area (Å²) in [5, 5.41) is 14.7. The molecular formula is C27H38N4O6S2. The van der Waals surface area contributed by atoms with Crippen molar-refractivity contribution in [2.75, 3.05) is 31.5 Å². The number of urea groups is 1. The summed E-state index contributed by atoms with van der Waals surface area (Å²) in [4.78, 5) is 29.8. The smallest absolute Gasteiger partial charge is 0.317 e. The fourth-order valence-corrected chi connectivity index (χ4v) is 7.05. The Bertz CT molecular complexity index is 1250. The molecule has 1 aromatic carbocycles.